The predicted octanol–water partition coefficient (Wildman–Crippen LogP) is 3.02. The van der Waals surface area contributed by atoms with Crippen LogP contribution in [0.4, 0.5) is 8.78 Å². The van der Waals surface area contributed by atoms with Crippen molar-refractivity contribution in [3.63, 3.8) is 0 Å². The van der Waals surface area contributed by atoms with E-state index in [2.05, 4.69) is 0 Å². The van der Waals surface area contributed by atoms with Crippen LogP contribution in [0.3, 0.4) is 0 Å². The lowest BCUT2D eigenvalue weighted by atomic mass is 10.2. The lowest BCUT2D eigenvalue weighted by molar-refractivity contribution is 0.185. The number of thiophene rings is 1. The second kappa shape index (κ2) is 6.75. The molecule has 1 N–H and O–H groups in total. The minimum Gasteiger partial charge on any atom is -0.395 e. The van der Waals surface area contributed by atoms with Crippen LogP contribution in [0.25, 0.3) is 0 Å². The fourth-order valence-corrected chi connectivity index (χ4v) is 2.62. The Hall–Kier alpha value is -1.30. The molecule has 2 aromatic rings. The molecule has 1 aromatic heterocycles. The maximum absolute atomic E-state index is 13.2. The largest absolute Gasteiger partial charge is 0.395 e. The molecular formula is C14H15F2NOS. The Balaban J connectivity index is 2.05. The number of aliphatic hydroxyl groups excluding tert-OH is 1. The van der Waals surface area contributed by atoms with Crippen molar-refractivity contribution in [2.45, 2.75) is 13.1 Å². The first-order chi connectivity index (χ1) is 9.19. The normalized spacial score (nSPS) is 11.2. The fraction of sp³-hybridized carbons (Fsp3) is 0.286. The van der Waals surface area contributed by atoms with Gasteiger partial charge in [-0.1, -0.05) is 12.1 Å². The zero-order valence-corrected chi connectivity index (χ0v) is 11.2. The lowest BCUT2D eigenvalue weighted by Crippen LogP contribution is -2.25. The summed E-state index contributed by atoms with van der Waals surface area (Å²) in [6.07, 6.45) is 0. The Morgan fingerprint density at radius 1 is 1.11 bits per heavy atom. The molecule has 2 nitrogen and oxygen atoms in total. The van der Waals surface area contributed by atoms with Crippen LogP contribution in [0.15, 0.2) is 35.7 Å². The number of hydrogen-bond acceptors (Lipinski definition) is 3. The summed E-state index contributed by atoms with van der Waals surface area (Å²) in [4.78, 5) is 3.18. The van der Waals surface area contributed by atoms with Crippen LogP contribution in [0, 0.1) is 11.6 Å². The highest BCUT2D eigenvalue weighted by molar-refractivity contribution is 7.09. The van der Waals surface area contributed by atoms with Gasteiger partial charge in [0, 0.05) is 24.5 Å². The van der Waals surface area contributed by atoms with Gasteiger partial charge in [0.05, 0.1) is 6.61 Å². The molecule has 0 saturated carbocycles. The van der Waals surface area contributed by atoms with Gasteiger partial charge < -0.3 is 5.11 Å². The molecule has 2 rings (SSSR count). The van der Waals surface area contributed by atoms with Crippen molar-refractivity contribution in [3.05, 3.63) is 57.8 Å². The summed E-state index contributed by atoms with van der Waals surface area (Å²) in [5.41, 5.74) is 0.698. The number of halogens is 2. The van der Waals surface area contributed by atoms with Crippen LogP contribution in [-0.2, 0) is 13.1 Å². The minimum absolute atomic E-state index is 0.0368. The first-order valence-electron chi connectivity index (χ1n) is 5.98. The van der Waals surface area contributed by atoms with Gasteiger partial charge in [-0.3, -0.25) is 4.90 Å². The van der Waals surface area contributed by atoms with Crippen molar-refractivity contribution in [2.24, 2.45) is 0 Å². The van der Waals surface area contributed by atoms with Crippen LogP contribution in [-0.4, -0.2) is 23.2 Å². The zero-order valence-electron chi connectivity index (χ0n) is 10.4. The van der Waals surface area contributed by atoms with Crippen LogP contribution in [0.2, 0.25) is 0 Å². The zero-order chi connectivity index (χ0) is 13.7. The number of benzene rings is 1. The van der Waals surface area contributed by atoms with Crippen molar-refractivity contribution < 1.29 is 13.9 Å². The highest BCUT2D eigenvalue weighted by Gasteiger charge is 2.09. The summed E-state index contributed by atoms with van der Waals surface area (Å²) in [7, 11) is 0. The van der Waals surface area contributed by atoms with Crippen LogP contribution in [0.5, 0.6) is 0 Å². The van der Waals surface area contributed by atoms with E-state index in [1.165, 1.54) is 10.9 Å². The van der Waals surface area contributed by atoms with Crippen molar-refractivity contribution >= 4 is 11.3 Å². The van der Waals surface area contributed by atoms with E-state index in [0.29, 0.717) is 25.2 Å². The SMILES string of the molecule is OCCN(Cc1ccc(F)c(F)c1)Cc1cccs1. The maximum atomic E-state index is 13.2. The van der Waals surface area contributed by atoms with Crippen LogP contribution in [0.1, 0.15) is 10.4 Å². The van der Waals surface area contributed by atoms with E-state index in [0.717, 1.165) is 6.07 Å². The van der Waals surface area contributed by atoms with Gasteiger partial charge in [0.2, 0.25) is 0 Å². The molecule has 0 aliphatic rings. The first-order valence-corrected chi connectivity index (χ1v) is 6.86. The molecule has 102 valence electrons. The molecule has 0 spiro atoms. The monoisotopic (exact) mass is 283 g/mol. The van der Waals surface area contributed by atoms with E-state index >= 15 is 0 Å². The third-order valence-electron chi connectivity index (χ3n) is 2.77. The minimum atomic E-state index is -0.837. The Bertz CT molecular complexity index is 516. The van der Waals surface area contributed by atoms with Gasteiger partial charge in [0.1, 0.15) is 0 Å². The highest BCUT2D eigenvalue weighted by atomic mass is 32.1. The predicted molar refractivity (Wildman–Crippen MR) is 71.9 cm³/mol. The Labute approximate surface area is 114 Å². The fourth-order valence-electron chi connectivity index (χ4n) is 1.87. The molecule has 0 amide bonds. The third-order valence-corrected chi connectivity index (χ3v) is 3.63. The summed E-state index contributed by atoms with van der Waals surface area (Å²) < 4.78 is 26.0. The molecule has 0 radical (unpaired) electrons. The van der Waals surface area contributed by atoms with Crippen LogP contribution < -0.4 is 0 Å². The molecule has 5 heteroatoms. The van der Waals surface area contributed by atoms with Crippen molar-refractivity contribution in [1.29, 1.82) is 0 Å². The molecule has 0 atom stereocenters. The Morgan fingerprint density at radius 3 is 2.58 bits per heavy atom. The van der Waals surface area contributed by atoms with Crippen molar-refractivity contribution in [1.82, 2.24) is 4.90 Å². The summed E-state index contributed by atoms with van der Waals surface area (Å²) in [5.74, 6) is -1.67. The summed E-state index contributed by atoms with van der Waals surface area (Å²) in [6, 6.07) is 7.88. The van der Waals surface area contributed by atoms with Gasteiger partial charge in [-0.05, 0) is 29.1 Å². The van der Waals surface area contributed by atoms with Crippen molar-refractivity contribution in [3.8, 4) is 0 Å². The van der Waals surface area contributed by atoms with Gasteiger partial charge in [0.15, 0.2) is 11.6 Å². The van der Waals surface area contributed by atoms with E-state index < -0.39 is 11.6 Å². The number of nitrogens with zero attached hydrogens (tertiary/aromatic N) is 1. The van der Waals surface area contributed by atoms with Gasteiger partial charge in [-0.25, -0.2) is 8.78 Å². The number of hydrogen-bond donors (Lipinski definition) is 1. The molecule has 0 aliphatic carbocycles. The van der Waals surface area contributed by atoms with Gasteiger partial charge >= 0.3 is 0 Å². The topological polar surface area (TPSA) is 23.5 Å². The standard InChI is InChI=1S/C14H15F2NOS/c15-13-4-3-11(8-14(13)16)9-17(5-6-18)10-12-2-1-7-19-12/h1-4,7-8,18H,5-6,9-10H2. The first kappa shape index (κ1) is 14.1. The Morgan fingerprint density at radius 2 is 1.95 bits per heavy atom. The summed E-state index contributed by atoms with van der Waals surface area (Å²) >= 11 is 1.64. The molecule has 0 bridgehead atoms. The van der Waals surface area contributed by atoms with Crippen molar-refractivity contribution in [2.75, 3.05) is 13.2 Å². The molecule has 0 saturated heterocycles. The second-order valence-electron chi connectivity index (χ2n) is 4.26. The molecule has 19 heavy (non-hydrogen) atoms. The average molecular weight is 283 g/mol. The number of aliphatic hydroxyl groups is 1. The molecule has 0 aliphatic heterocycles. The van der Waals surface area contributed by atoms with E-state index in [1.807, 2.05) is 22.4 Å². The van der Waals surface area contributed by atoms with E-state index in [1.54, 1.807) is 17.4 Å². The summed E-state index contributed by atoms with van der Waals surface area (Å²) in [5, 5.41) is 11.1. The van der Waals surface area contributed by atoms with Gasteiger partial charge in [-0.2, -0.15) is 0 Å². The number of rotatable bonds is 6. The molecular weight excluding hydrogens is 268 g/mol. The molecule has 1 aromatic carbocycles. The third kappa shape index (κ3) is 4.09. The summed E-state index contributed by atoms with van der Waals surface area (Å²) in [6.45, 7) is 1.71. The quantitative estimate of drug-likeness (QED) is 0.881. The smallest absolute Gasteiger partial charge is 0.159 e. The van der Waals surface area contributed by atoms with Gasteiger partial charge in [-0.15, -0.1) is 11.3 Å². The lowest BCUT2D eigenvalue weighted by Gasteiger charge is -2.20. The van der Waals surface area contributed by atoms with Crippen LogP contribution >= 0.6 is 11.3 Å². The highest BCUT2D eigenvalue weighted by Crippen LogP contribution is 2.15. The van der Waals surface area contributed by atoms with Gasteiger partial charge in [0.25, 0.3) is 0 Å². The van der Waals surface area contributed by atoms with E-state index in [4.69, 9.17) is 5.11 Å². The average Bonchev–Trinajstić information content (AvgIpc) is 2.87. The van der Waals surface area contributed by atoms with E-state index in [9.17, 15) is 8.78 Å². The molecule has 0 unspecified atom stereocenters. The molecule has 1 heterocycles. The molecule has 0 fully saturated rings. The maximum Gasteiger partial charge on any atom is 0.159 e. The van der Waals surface area contributed by atoms with E-state index in [-0.39, 0.29) is 6.61 Å². The second-order valence-corrected chi connectivity index (χ2v) is 5.29. The Kier molecular flexibility index (Phi) is 5.01.